The number of rotatable bonds is 6. The number of nitrogens with one attached hydrogen (secondary N) is 1. The number of hydrogen-bond donors (Lipinski definition) is 2. The van der Waals surface area contributed by atoms with Gasteiger partial charge in [-0.3, -0.25) is 0 Å². The summed E-state index contributed by atoms with van der Waals surface area (Å²) in [6.45, 7) is 2.79. The van der Waals surface area contributed by atoms with E-state index in [-0.39, 0.29) is 5.95 Å². The summed E-state index contributed by atoms with van der Waals surface area (Å²) in [5, 5.41) is 3.14. The molecule has 2 aromatic rings. The van der Waals surface area contributed by atoms with Gasteiger partial charge in [0.25, 0.3) is 0 Å². The molecule has 0 aliphatic rings. The molecule has 0 saturated heterocycles. The Bertz CT molecular complexity index is 558. The van der Waals surface area contributed by atoms with Crippen molar-refractivity contribution >= 4 is 17.5 Å². The van der Waals surface area contributed by atoms with Crippen LogP contribution in [0.25, 0.3) is 0 Å². The smallest absolute Gasteiger partial charge is 0.225 e. The van der Waals surface area contributed by atoms with Gasteiger partial charge in [0.15, 0.2) is 0 Å². The number of anilines is 3. The second-order valence-electron chi connectivity index (χ2n) is 4.15. The summed E-state index contributed by atoms with van der Waals surface area (Å²) >= 11 is 0. The molecule has 0 aliphatic carbocycles. The lowest BCUT2D eigenvalue weighted by atomic mass is 10.3. The highest BCUT2D eigenvalue weighted by molar-refractivity contribution is 5.58. The molecule has 1 aromatic heterocycles. The summed E-state index contributed by atoms with van der Waals surface area (Å²) in [6.07, 6.45) is 0.986. The van der Waals surface area contributed by atoms with Crippen LogP contribution in [0.15, 0.2) is 30.3 Å². The van der Waals surface area contributed by atoms with Crippen LogP contribution in [0, 0.1) is 0 Å². The SMILES string of the molecule is CCCOc1ccc(Nc2cc(OC)nc(N)n2)cc1. The fourth-order valence-corrected chi connectivity index (χ4v) is 1.61. The summed E-state index contributed by atoms with van der Waals surface area (Å²) in [7, 11) is 1.53. The molecule has 0 atom stereocenters. The minimum atomic E-state index is 0.162. The van der Waals surface area contributed by atoms with Crippen LogP contribution in [0.5, 0.6) is 11.6 Å². The van der Waals surface area contributed by atoms with Crippen molar-refractivity contribution < 1.29 is 9.47 Å². The number of nitrogen functional groups attached to an aromatic ring is 1. The van der Waals surface area contributed by atoms with Gasteiger partial charge in [-0.2, -0.15) is 9.97 Å². The summed E-state index contributed by atoms with van der Waals surface area (Å²) < 4.78 is 10.6. The normalized spacial score (nSPS) is 10.1. The summed E-state index contributed by atoms with van der Waals surface area (Å²) in [5.41, 5.74) is 6.49. The molecule has 0 saturated carbocycles. The van der Waals surface area contributed by atoms with Crippen molar-refractivity contribution in [3.8, 4) is 11.6 Å². The Morgan fingerprint density at radius 3 is 2.60 bits per heavy atom. The monoisotopic (exact) mass is 274 g/mol. The van der Waals surface area contributed by atoms with Crippen molar-refractivity contribution in [2.24, 2.45) is 0 Å². The minimum absolute atomic E-state index is 0.162. The van der Waals surface area contributed by atoms with E-state index in [1.807, 2.05) is 24.3 Å². The van der Waals surface area contributed by atoms with Gasteiger partial charge in [-0.25, -0.2) is 0 Å². The van der Waals surface area contributed by atoms with E-state index in [1.54, 1.807) is 6.07 Å². The Hall–Kier alpha value is -2.50. The van der Waals surface area contributed by atoms with Crippen molar-refractivity contribution in [3.63, 3.8) is 0 Å². The second kappa shape index (κ2) is 6.60. The molecule has 1 aromatic carbocycles. The van der Waals surface area contributed by atoms with E-state index < -0.39 is 0 Å². The van der Waals surface area contributed by atoms with E-state index in [0.29, 0.717) is 18.3 Å². The molecule has 0 fully saturated rings. The van der Waals surface area contributed by atoms with Crippen LogP contribution in [0.2, 0.25) is 0 Å². The number of hydrogen-bond acceptors (Lipinski definition) is 6. The minimum Gasteiger partial charge on any atom is -0.494 e. The predicted octanol–water partition coefficient (Wildman–Crippen LogP) is 2.60. The molecule has 106 valence electrons. The first-order valence-electron chi connectivity index (χ1n) is 6.39. The molecule has 3 N–H and O–H groups in total. The van der Waals surface area contributed by atoms with Crippen LogP contribution in [-0.2, 0) is 0 Å². The van der Waals surface area contributed by atoms with Crippen LogP contribution >= 0.6 is 0 Å². The van der Waals surface area contributed by atoms with E-state index in [0.717, 1.165) is 17.9 Å². The van der Waals surface area contributed by atoms with Crippen LogP contribution in [-0.4, -0.2) is 23.7 Å². The molecule has 0 unspecified atom stereocenters. The predicted molar refractivity (Wildman–Crippen MR) is 78.5 cm³/mol. The number of aromatic nitrogens is 2. The molecule has 2 rings (SSSR count). The van der Waals surface area contributed by atoms with Gasteiger partial charge in [0.1, 0.15) is 11.6 Å². The van der Waals surface area contributed by atoms with Gasteiger partial charge in [-0.1, -0.05) is 6.92 Å². The molecule has 20 heavy (non-hydrogen) atoms. The number of ether oxygens (including phenoxy) is 2. The third-order valence-electron chi connectivity index (χ3n) is 2.53. The fourth-order valence-electron chi connectivity index (χ4n) is 1.61. The van der Waals surface area contributed by atoms with E-state index in [2.05, 4.69) is 22.2 Å². The van der Waals surface area contributed by atoms with E-state index in [1.165, 1.54) is 7.11 Å². The standard InChI is InChI=1S/C14H18N4O2/c1-3-8-20-11-6-4-10(5-7-11)16-12-9-13(19-2)18-14(15)17-12/h4-7,9H,3,8H2,1-2H3,(H3,15,16,17,18). The zero-order chi connectivity index (χ0) is 14.4. The zero-order valence-corrected chi connectivity index (χ0v) is 11.6. The lowest BCUT2D eigenvalue weighted by Crippen LogP contribution is -2.02. The summed E-state index contributed by atoms with van der Waals surface area (Å²) in [4.78, 5) is 8.02. The highest BCUT2D eigenvalue weighted by atomic mass is 16.5. The Kier molecular flexibility index (Phi) is 4.60. The molecule has 6 heteroatoms. The molecule has 0 aliphatic heterocycles. The zero-order valence-electron chi connectivity index (χ0n) is 11.6. The molecule has 0 spiro atoms. The maximum Gasteiger partial charge on any atom is 0.225 e. The maximum absolute atomic E-state index is 5.61. The van der Waals surface area contributed by atoms with E-state index >= 15 is 0 Å². The molecule has 0 radical (unpaired) electrons. The highest BCUT2D eigenvalue weighted by Crippen LogP contribution is 2.21. The van der Waals surface area contributed by atoms with Gasteiger partial charge in [0, 0.05) is 11.8 Å². The average molecular weight is 274 g/mol. The molecule has 1 heterocycles. The number of nitrogens with two attached hydrogens (primary N) is 1. The lowest BCUT2D eigenvalue weighted by Gasteiger charge is -2.09. The molecule has 6 nitrogen and oxygen atoms in total. The van der Waals surface area contributed by atoms with Crippen LogP contribution in [0.1, 0.15) is 13.3 Å². The number of nitrogens with zero attached hydrogens (tertiary/aromatic N) is 2. The maximum atomic E-state index is 5.61. The fraction of sp³-hybridized carbons (Fsp3) is 0.286. The average Bonchev–Trinajstić information content (AvgIpc) is 2.46. The van der Waals surface area contributed by atoms with Crippen LogP contribution in [0.4, 0.5) is 17.5 Å². The second-order valence-corrected chi connectivity index (χ2v) is 4.15. The number of benzene rings is 1. The Morgan fingerprint density at radius 2 is 1.95 bits per heavy atom. The first-order valence-corrected chi connectivity index (χ1v) is 6.39. The lowest BCUT2D eigenvalue weighted by molar-refractivity contribution is 0.317. The van der Waals surface area contributed by atoms with Gasteiger partial charge < -0.3 is 20.5 Å². The van der Waals surface area contributed by atoms with Gasteiger partial charge >= 0.3 is 0 Å². The third kappa shape index (κ3) is 3.74. The van der Waals surface area contributed by atoms with Gasteiger partial charge in [0.05, 0.1) is 13.7 Å². The van der Waals surface area contributed by atoms with Crippen LogP contribution in [0.3, 0.4) is 0 Å². The van der Waals surface area contributed by atoms with Crippen LogP contribution < -0.4 is 20.5 Å². The van der Waals surface area contributed by atoms with Gasteiger partial charge in [-0.15, -0.1) is 0 Å². The largest absolute Gasteiger partial charge is 0.494 e. The van der Waals surface area contributed by atoms with Crippen molar-refractivity contribution in [1.82, 2.24) is 9.97 Å². The van der Waals surface area contributed by atoms with Gasteiger partial charge in [0.2, 0.25) is 11.8 Å². The van der Waals surface area contributed by atoms with Crippen molar-refractivity contribution in [1.29, 1.82) is 0 Å². The molecular weight excluding hydrogens is 256 g/mol. The Balaban J connectivity index is 2.07. The van der Waals surface area contributed by atoms with E-state index in [9.17, 15) is 0 Å². The Morgan fingerprint density at radius 1 is 1.20 bits per heavy atom. The van der Waals surface area contributed by atoms with E-state index in [4.69, 9.17) is 15.2 Å². The number of methoxy groups -OCH3 is 1. The van der Waals surface area contributed by atoms with Gasteiger partial charge in [-0.05, 0) is 30.7 Å². The first-order chi connectivity index (χ1) is 9.71. The van der Waals surface area contributed by atoms with Crippen molar-refractivity contribution in [3.05, 3.63) is 30.3 Å². The third-order valence-corrected chi connectivity index (χ3v) is 2.53. The molecular formula is C14H18N4O2. The van der Waals surface area contributed by atoms with Crippen molar-refractivity contribution in [2.45, 2.75) is 13.3 Å². The van der Waals surface area contributed by atoms with Crippen molar-refractivity contribution in [2.75, 3.05) is 24.8 Å². The molecule has 0 bridgehead atoms. The quantitative estimate of drug-likeness (QED) is 0.842. The highest BCUT2D eigenvalue weighted by Gasteiger charge is 2.03. The summed E-state index contributed by atoms with van der Waals surface area (Å²) in [5.74, 6) is 2.01. The summed E-state index contributed by atoms with van der Waals surface area (Å²) in [6, 6.07) is 9.31. The molecule has 0 amide bonds. The Labute approximate surface area is 118 Å². The topological polar surface area (TPSA) is 82.3 Å². The first kappa shape index (κ1) is 13.9.